The largest absolute Gasteiger partial charge is 0.452 e. The summed E-state index contributed by atoms with van der Waals surface area (Å²) in [5, 5.41) is 0.490. The molecule has 1 aliphatic heterocycles. The highest BCUT2D eigenvalue weighted by Crippen LogP contribution is 2.29. The van der Waals surface area contributed by atoms with Crippen LogP contribution in [0.1, 0.15) is 23.2 Å². The van der Waals surface area contributed by atoms with Crippen LogP contribution in [-0.4, -0.2) is 25.5 Å². The maximum absolute atomic E-state index is 11.9. The Morgan fingerprint density at radius 2 is 2.24 bits per heavy atom. The predicted octanol–water partition coefficient (Wildman–Crippen LogP) is 2.89. The summed E-state index contributed by atoms with van der Waals surface area (Å²) in [6, 6.07) is 4.94. The molecule has 90 valence electrons. The van der Waals surface area contributed by atoms with Crippen molar-refractivity contribution in [1.29, 1.82) is 0 Å². The summed E-state index contributed by atoms with van der Waals surface area (Å²) in [7, 11) is 1.32. The van der Waals surface area contributed by atoms with Gasteiger partial charge in [-0.05, 0) is 24.6 Å². The monoisotopic (exact) mass is 253 g/mol. The van der Waals surface area contributed by atoms with Crippen LogP contribution in [0.2, 0.25) is 5.02 Å². The Morgan fingerprint density at radius 1 is 1.47 bits per heavy atom. The Labute approximate surface area is 104 Å². The van der Waals surface area contributed by atoms with Gasteiger partial charge in [-0.25, -0.2) is 4.79 Å². The zero-order chi connectivity index (χ0) is 12.4. The molecule has 2 rings (SSSR count). The van der Waals surface area contributed by atoms with Crippen molar-refractivity contribution in [3.05, 3.63) is 28.8 Å². The molecule has 0 atom stereocenters. The summed E-state index contributed by atoms with van der Waals surface area (Å²) >= 11 is 5.87. The lowest BCUT2D eigenvalue weighted by Crippen LogP contribution is -2.31. The third kappa shape index (κ3) is 2.26. The second kappa shape index (κ2) is 4.75. The number of methoxy groups -OCH3 is 1. The third-order valence-corrected chi connectivity index (χ3v) is 2.97. The molecule has 4 nitrogen and oxygen atoms in total. The van der Waals surface area contributed by atoms with E-state index in [1.165, 1.54) is 12.0 Å². The number of halogens is 1. The maximum Gasteiger partial charge on any atom is 0.414 e. The van der Waals surface area contributed by atoms with Crippen LogP contribution in [0, 0.1) is 0 Å². The van der Waals surface area contributed by atoms with E-state index in [1.54, 1.807) is 18.2 Å². The van der Waals surface area contributed by atoms with Gasteiger partial charge in [-0.2, -0.15) is 0 Å². The maximum atomic E-state index is 11.9. The Hall–Kier alpha value is -1.55. The van der Waals surface area contributed by atoms with Gasteiger partial charge in [-0.1, -0.05) is 11.6 Å². The van der Waals surface area contributed by atoms with Gasteiger partial charge in [0.25, 0.3) is 0 Å². The minimum atomic E-state index is -0.455. The standard InChI is InChI=1S/C12H12ClNO3/c1-17-12(16)14-6-2-3-11(15)9-7-8(13)4-5-10(9)14/h4-5,7H,2-3,6H2,1H3. The summed E-state index contributed by atoms with van der Waals surface area (Å²) in [4.78, 5) is 25.0. The summed E-state index contributed by atoms with van der Waals surface area (Å²) < 4.78 is 4.71. The fourth-order valence-corrected chi connectivity index (χ4v) is 2.09. The van der Waals surface area contributed by atoms with Crippen molar-refractivity contribution >= 4 is 29.2 Å². The molecule has 0 radical (unpaired) electrons. The number of rotatable bonds is 0. The van der Waals surface area contributed by atoms with E-state index >= 15 is 0 Å². The summed E-state index contributed by atoms with van der Waals surface area (Å²) in [6.07, 6.45) is 0.587. The molecule has 1 aliphatic rings. The van der Waals surface area contributed by atoms with Crippen molar-refractivity contribution in [2.24, 2.45) is 0 Å². The van der Waals surface area contributed by atoms with Crippen molar-refractivity contribution in [2.45, 2.75) is 12.8 Å². The van der Waals surface area contributed by atoms with Crippen LogP contribution in [0.3, 0.4) is 0 Å². The van der Waals surface area contributed by atoms with Crippen molar-refractivity contribution in [3.8, 4) is 0 Å². The van der Waals surface area contributed by atoms with Gasteiger partial charge in [-0.3, -0.25) is 9.69 Å². The molecule has 1 aromatic rings. The first-order valence-electron chi connectivity index (χ1n) is 5.31. The van der Waals surface area contributed by atoms with Crippen LogP contribution in [0.15, 0.2) is 18.2 Å². The van der Waals surface area contributed by atoms with Gasteiger partial charge < -0.3 is 4.74 Å². The molecule has 0 saturated carbocycles. The Balaban J connectivity index is 2.51. The van der Waals surface area contributed by atoms with Gasteiger partial charge in [0, 0.05) is 23.6 Å². The van der Waals surface area contributed by atoms with E-state index in [0.717, 1.165) is 0 Å². The van der Waals surface area contributed by atoms with Crippen LogP contribution in [0.4, 0.5) is 10.5 Å². The number of nitrogens with zero attached hydrogens (tertiary/aromatic N) is 1. The second-order valence-electron chi connectivity index (χ2n) is 3.81. The second-order valence-corrected chi connectivity index (χ2v) is 4.25. The molecule has 0 bridgehead atoms. The molecular formula is C12H12ClNO3. The quantitative estimate of drug-likeness (QED) is 0.714. The lowest BCUT2D eigenvalue weighted by atomic mass is 10.1. The number of carbonyl (C=O) groups is 2. The molecule has 0 aromatic heterocycles. The predicted molar refractivity (Wildman–Crippen MR) is 64.8 cm³/mol. The van der Waals surface area contributed by atoms with Crippen LogP contribution in [-0.2, 0) is 4.74 Å². The molecule has 0 fully saturated rings. The lowest BCUT2D eigenvalue weighted by molar-refractivity contribution is 0.0983. The number of anilines is 1. The molecule has 17 heavy (non-hydrogen) atoms. The number of hydrogen-bond donors (Lipinski definition) is 0. The number of Topliss-reactive ketones (excluding diaryl/α,β-unsaturated/α-hetero) is 1. The van der Waals surface area contributed by atoms with Crippen molar-refractivity contribution in [1.82, 2.24) is 0 Å². The van der Waals surface area contributed by atoms with E-state index in [1.807, 2.05) is 0 Å². The number of fused-ring (bicyclic) bond motifs is 1. The number of amides is 1. The number of hydrogen-bond acceptors (Lipinski definition) is 3. The highest BCUT2D eigenvalue weighted by Gasteiger charge is 2.25. The molecule has 0 N–H and O–H groups in total. The van der Waals surface area contributed by atoms with Gasteiger partial charge in [-0.15, -0.1) is 0 Å². The van der Waals surface area contributed by atoms with Gasteiger partial charge in [0.15, 0.2) is 5.78 Å². The lowest BCUT2D eigenvalue weighted by Gasteiger charge is -2.20. The number of ether oxygens (including phenoxy) is 1. The first kappa shape index (κ1) is 11.9. The Bertz CT molecular complexity index is 473. The van der Waals surface area contributed by atoms with E-state index in [2.05, 4.69) is 0 Å². The first-order chi connectivity index (χ1) is 8.13. The zero-order valence-electron chi connectivity index (χ0n) is 9.40. The van der Waals surface area contributed by atoms with E-state index in [9.17, 15) is 9.59 Å². The SMILES string of the molecule is COC(=O)N1CCCC(=O)c2cc(Cl)ccc21. The van der Waals surface area contributed by atoms with Crippen molar-refractivity contribution in [2.75, 3.05) is 18.6 Å². The average molecular weight is 254 g/mol. The number of benzene rings is 1. The highest BCUT2D eigenvalue weighted by atomic mass is 35.5. The fourth-order valence-electron chi connectivity index (χ4n) is 1.92. The molecule has 0 saturated heterocycles. The molecule has 0 unspecified atom stereocenters. The molecule has 5 heteroatoms. The van der Waals surface area contributed by atoms with Crippen LogP contribution in [0.5, 0.6) is 0 Å². The third-order valence-electron chi connectivity index (χ3n) is 2.73. The van der Waals surface area contributed by atoms with Crippen LogP contribution < -0.4 is 4.90 Å². The fraction of sp³-hybridized carbons (Fsp3) is 0.333. The molecule has 1 heterocycles. The van der Waals surface area contributed by atoms with Crippen LogP contribution >= 0.6 is 11.6 Å². The van der Waals surface area contributed by atoms with Crippen molar-refractivity contribution in [3.63, 3.8) is 0 Å². The Kier molecular flexibility index (Phi) is 3.33. The topological polar surface area (TPSA) is 46.6 Å². The normalized spacial score (nSPS) is 15.2. The molecule has 1 amide bonds. The summed E-state index contributed by atoms with van der Waals surface area (Å²) in [6.45, 7) is 0.479. The number of carbonyl (C=O) groups excluding carboxylic acids is 2. The van der Waals surface area contributed by atoms with E-state index < -0.39 is 6.09 Å². The number of ketones is 1. The van der Waals surface area contributed by atoms with E-state index in [-0.39, 0.29) is 5.78 Å². The van der Waals surface area contributed by atoms with Crippen molar-refractivity contribution < 1.29 is 14.3 Å². The van der Waals surface area contributed by atoms with E-state index in [0.29, 0.717) is 35.7 Å². The van der Waals surface area contributed by atoms with Gasteiger partial charge in [0.05, 0.1) is 12.8 Å². The zero-order valence-corrected chi connectivity index (χ0v) is 10.2. The highest BCUT2D eigenvalue weighted by molar-refractivity contribution is 6.31. The average Bonchev–Trinajstić information content (AvgIpc) is 2.48. The van der Waals surface area contributed by atoms with E-state index in [4.69, 9.17) is 16.3 Å². The van der Waals surface area contributed by atoms with Gasteiger partial charge in [0.2, 0.25) is 0 Å². The minimum Gasteiger partial charge on any atom is -0.452 e. The van der Waals surface area contributed by atoms with Gasteiger partial charge >= 0.3 is 6.09 Å². The molecule has 0 spiro atoms. The van der Waals surface area contributed by atoms with Gasteiger partial charge in [0.1, 0.15) is 0 Å². The minimum absolute atomic E-state index is 0.00824. The summed E-state index contributed by atoms with van der Waals surface area (Å²) in [5.41, 5.74) is 1.06. The molecule has 0 aliphatic carbocycles. The smallest absolute Gasteiger partial charge is 0.414 e. The molecular weight excluding hydrogens is 242 g/mol. The summed E-state index contributed by atoms with van der Waals surface area (Å²) in [5.74, 6) is 0.00824. The first-order valence-corrected chi connectivity index (χ1v) is 5.69. The molecule has 1 aromatic carbocycles. The Morgan fingerprint density at radius 3 is 2.94 bits per heavy atom. The van der Waals surface area contributed by atoms with Crippen LogP contribution in [0.25, 0.3) is 0 Å².